The highest BCUT2D eigenvalue weighted by Crippen LogP contribution is 2.34. The van der Waals surface area contributed by atoms with Gasteiger partial charge in [-0.3, -0.25) is 4.79 Å². The molecule has 2 saturated heterocycles. The van der Waals surface area contributed by atoms with Crippen LogP contribution in [0.4, 0.5) is 4.39 Å². The molecule has 6 nitrogen and oxygen atoms in total. The summed E-state index contributed by atoms with van der Waals surface area (Å²) in [4.78, 5) is 13.1. The number of ether oxygens (including phenoxy) is 1. The van der Waals surface area contributed by atoms with Crippen molar-refractivity contribution >= 4 is 15.9 Å². The number of amides is 1. The minimum Gasteiger partial charge on any atom is -0.381 e. The van der Waals surface area contributed by atoms with Crippen molar-refractivity contribution in [3.05, 3.63) is 66.0 Å². The average molecular weight is 461 g/mol. The van der Waals surface area contributed by atoms with Crippen LogP contribution >= 0.6 is 0 Å². The van der Waals surface area contributed by atoms with Gasteiger partial charge >= 0.3 is 0 Å². The molecule has 2 heterocycles. The second kappa shape index (κ2) is 9.68. The molecule has 2 aliphatic rings. The number of rotatable bonds is 6. The number of halogens is 1. The number of piperidine rings is 1. The molecule has 1 atom stereocenters. The number of carbonyl (C=O) groups excluding carboxylic acids is 1. The van der Waals surface area contributed by atoms with E-state index in [4.69, 9.17) is 4.74 Å². The third-order valence-electron chi connectivity index (χ3n) is 6.64. The molecule has 2 aliphatic heterocycles. The van der Waals surface area contributed by atoms with E-state index in [1.807, 2.05) is 18.2 Å². The number of nitrogens with one attached hydrogen (secondary N) is 1. The van der Waals surface area contributed by atoms with Crippen molar-refractivity contribution in [2.75, 3.05) is 32.8 Å². The zero-order valence-electron chi connectivity index (χ0n) is 18.0. The molecule has 4 rings (SSSR count). The van der Waals surface area contributed by atoms with E-state index in [1.165, 1.54) is 22.0 Å². The Bertz CT molecular complexity index is 1020. The molecule has 8 heteroatoms. The van der Waals surface area contributed by atoms with Gasteiger partial charge in [0.2, 0.25) is 15.9 Å². The Kier molecular flexibility index (Phi) is 6.93. The summed E-state index contributed by atoms with van der Waals surface area (Å²) in [7, 11) is -3.77. The minimum absolute atomic E-state index is 0.0465. The predicted molar refractivity (Wildman–Crippen MR) is 119 cm³/mol. The number of hydrogen-bond acceptors (Lipinski definition) is 4. The van der Waals surface area contributed by atoms with Gasteiger partial charge in [-0.2, -0.15) is 4.31 Å². The lowest BCUT2D eigenvalue weighted by atomic mass is 9.74. The maximum absolute atomic E-state index is 13.2. The topological polar surface area (TPSA) is 75.7 Å². The lowest BCUT2D eigenvalue weighted by molar-refractivity contribution is -0.126. The van der Waals surface area contributed by atoms with Crippen LogP contribution in [0, 0.1) is 11.7 Å². The van der Waals surface area contributed by atoms with Gasteiger partial charge in [0.15, 0.2) is 0 Å². The molecule has 2 aromatic rings. The number of hydrogen-bond donors (Lipinski definition) is 1. The van der Waals surface area contributed by atoms with Crippen LogP contribution in [0.3, 0.4) is 0 Å². The molecule has 1 N–H and O–H groups in total. The van der Waals surface area contributed by atoms with Gasteiger partial charge in [0, 0.05) is 38.3 Å². The summed E-state index contributed by atoms with van der Waals surface area (Å²) >= 11 is 0. The summed E-state index contributed by atoms with van der Waals surface area (Å²) in [6.45, 7) is 2.29. The molecule has 2 fully saturated rings. The first-order valence-electron chi connectivity index (χ1n) is 11.1. The Balaban J connectivity index is 1.43. The van der Waals surface area contributed by atoms with Crippen LogP contribution in [-0.2, 0) is 25.0 Å². The van der Waals surface area contributed by atoms with Gasteiger partial charge in [0.25, 0.3) is 0 Å². The fourth-order valence-corrected chi connectivity index (χ4v) is 6.18. The van der Waals surface area contributed by atoms with Gasteiger partial charge in [-0.1, -0.05) is 30.3 Å². The first-order chi connectivity index (χ1) is 15.4. The van der Waals surface area contributed by atoms with E-state index in [2.05, 4.69) is 17.4 Å². The van der Waals surface area contributed by atoms with E-state index >= 15 is 0 Å². The van der Waals surface area contributed by atoms with E-state index in [-0.39, 0.29) is 22.8 Å². The lowest BCUT2D eigenvalue weighted by Gasteiger charge is -2.38. The summed E-state index contributed by atoms with van der Waals surface area (Å²) in [6, 6.07) is 15.0. The summed E-state index contributed by atoms with van der Waals surface area (Å²) in [5.41, 5.74) is 1.01. The molecule has 172 valence electrons. The number of carbonyl (C=O) groups is 1. The smallest absolute Gasteiger partial charge is 0.243 e. The molecule has 0 bridgehead atoms. The third kappa shape index (κ3) is 4.87. The molecule has 0 aromatic heterocycles. The monoisotopic (exact) mass is 460 g/mol. The van der Waals surface area contributed by atoms with Crippen LogP contribution in [0.5, 0.6) is 0 Å². The van der Waals surface area contributed by atoms with Gasteiger partial charge in [-0.25, -0.2) is 12.8 Å². The minimum atomic E-state index is -3.77. The highest BCUT2D eigenvalue weighted by molar-refractivity contribution is 7.89. The van der Waals surface area contributed by atoms with E-state index in [9.17, 15) is 17.6 Å². The van der Waals surface area contributed by atoms with Crippen LogP contribution in [0.25, 0.3) is 0 Å². The molecule has 2 aromatic carbocycles. The van der Waals surface area contributed by atoms with Crippen LogP contribution in [0.15, 0.2) is 59.5 Å². The summed E-state index contributed by atoms with van der Waals surface area (Å²) in [5.74, 6) is -1.02. The zero-order valence-corrected chi connectivity index (χ0v) is 18.8. The van der Waals surface area contributed by atoms with Crippen LogP contribution in [0.2, 0.25) is 0 Å². The molecular weight excluding hydrogens is 431 g/mol. The molecular formula is C24H29FN2O4S. The Morgan fingerprint density at radius 3 is 2.47 bits per heavy atom. The fraction of sp³-hybridized carbons (Fsp3) is 0.458. The lowest BCUT2D eigenvalue weighted by Crippen LogP contribution is -2.49. The fourth-order valence-electron chi connectivity index (χ4n) is 4.65. The Morgan fingerprint density at radius 1 is 1.09 bits per heavy atom. The maximum Gasteiger partial charge on any atom is 0.243 e. The summed E-state index contributed by atoms with van der Waals surface area (Å²) in [6.07, 6.45) is 2.90. The zero-order chi connectivity index (χ0) is 22.6. The van der Waals surface area contributed by atoms with Crippen molar-refractivity contribution in [1.29, 1.82) is 0 Å². The predicted octanol–water partition coefficient (Wildman–Crippen LogP) is 3.09. The second-order valence-corrected chi connectivity index (χ2v) is 10.6. The van der Waals surface area contributed by atoms with Crippen molar-refractivity contribution in [3.8, 4) is 0 Å². The molecule has 0 radical (unpaired) electrons. The number of benzene rings is 2. The molecule has 0 spiro atoms. The van der Waals surface area contributed by atoms with E-state index in [0.717, 1.165) is 25.0 Å². The standard InChI is InChI=1S/C24H29FN2O4S/c25-21-8-10-22(11-9-21)32(29,30)27-14-4-5-19(17-27)23(28)26-18-24(12-15-31-16-13-24)20-6-2-1-3-7-20/h1-3,6-11,19H,4-5,12-18H2,(H,26,28)/t19-/m0/s1. The van der Waals surface area contributed by atoms with E-state index < -0.39 is 21.8 Å². The van der Waals surface area contributed by atoms with E-state index in [1.54, 1.807) is 0 Å². The third-order valence-corrected chi connectivity index (χ3v) is 8.52. The van der Waals surface area contributed by atoms with Crippen LogP contribution < -0.4 is 5.32 Å². The Hall–Kier alpha value is -2.29. The SMILES string of the molecule is O=C(NCC1(c2ccccc2)CCOCC1)[C@H]1CCCN(S(=O)(=O)c2ccc(F)cc2)C1. The van der Waals surface area contributed by atoms with Crippen molar-refractivity contribution < 1.29 is 22.3 Å². The first kappa shape index (κ1) is 22.9. The summed E-state index contributed by atoms with van der Waals surface area (Å²) in [5, 5.41) is 3.12. The van der Waals surface area contributed by atoms with Gasteiger partial charge < -0.3 is 10.1 Å². The van der Waals surface area contributed by atoms with Crippen molar-refractivity contribution in [2.24, 2.45) is 5.92 Å². The molecule has 1 amide bonds. The van der Waals surface area contributed by atoms with Gasteiger partial charge in [0.05, 0.1) is 10.8 Å². The van der Waals surface area contributed by atoms with Crippen LogP contribution in [-0.4, -0.2) is 51.5 Å². The first-order valence-corrected chi connectivity index (χ1v) is 12.5. The van der Waals surface area contributed by atoms with Gasteiger partial charge in [-0.05, 0) is 55.5 Å². The van der Waals surface area contributed by atoms with Crippen LogP contribution in [0.1, 0.15) is 31.2 Å². The number of sulfonamides is 1. The quantitative estimate of drug-likeness (QED) is 0.719. The second-order valence-electron chi connectivity index (χ2n) is 8.63. The Labute approximate surface area is 188 Å². The molecule has 0 saturated carbocycles. The summed E-state index contributed by atoms with van der Waals surface area (Å²) < 4.78 is 46.0. The Morgan fingerprint density at radius 2 is 1.78 bits per heavy atom. The van der Waals surface area contributed by atoms with Gasteiger partial charge in [-0.15, -0.1) is 0 Å². The molecule has 0 unspecified atom stereocenters. The molecule has 0 aliphatic carbocycles. The van der Waals surface area contributed by atoms with Gasteiger partial charge in [0.1, 0.15) is 5.82 Å². The number of nitrogens with zero attached hydrogens (tertiary/aromatic N) is 1. The van der Waals surface area contributed by atoms with E-state index in [0.29, 0.717) is 39.1 Å². The maximum atomic E-state index is 13.2. The average Bonchev–Trinajstić information content (AvgIpc) is 2.84. The van der Waals surface area contributed by atoms with Crippen molar-refractivity contribution in [2.45, 2.75) is 36.0 Å². The van der Waals surface area contributed by atoms with Crippen molar-refractivity contribution in [3.63, 3.8) is 0 Å². The highest BCUT2D eigenvalue weighted by atomic mass is 32.2. The molecule has 32 heavy (non-hydrogen) atoms. The largest absolute Gasteiger partial charge is 0.381 e. The van der Waals surface area contributed by atoms with Crippen molar-refractivity contribution in [1.82, 2.24) is 9.62 Å². The normalized spacial score (nSPS) is 21.7. The highest BCUT2D eigenvalue weighted by Gasteiger charge is 2.37.